The second-order valence-electron chi connectivity index (χ2n) is 4.59. The number of rotatable bonds is 2. The summed E-state index contributed by atoms with van der Waals surface area (Å²) in [6.07, 6.45) is 3.37. The van der Waals surface area contributed by atoms with E-state index < -0.39 is 5.82 Å². The molecule has 0 saturated heterocycles. The Morgan fingerprint density at radius 1 is 1.19 bits per heavy atom. The second kappa shape index (κ2) is 5.20. The van der Waals surface area contributed by atoms with Crippen LogP contribution in [0.5, 0.6) is 0 Å². The molecule has 0 spiro atoms. The number of anilines is 2. The number of amides is 1. The first kappa shape index (κ1) is 13.1. The quantitative estimate of drug-likeness (QED) is 0.709. The van der Waals surface area contributed by atoms with E-state index in [1.165, 1.54) is 18.2 Å². The largest absolute Gasteiger partial charge is 0.396 e. The molecule has 0 unspecified atom stereocenters. The monoisotopic (exact) mass is 281 g/mol. The number of hydrogen-bond acceptors (Lipinski definition) is 3. The van der Waals surface area contributed by atoms with Crippen LogP contribution in [0, 0.1) is 5.82 Å². The topological polar surface area (TPSA) is 68.0 Å². The molecule has 0 saturated carbocycles. The van der Waals surface area contributed by atoms with Crippen LogP contribution in [-0.2, 0) is 0 Å². The van der Waals surface area contributed by atoms with Crippen LogP contribution in [0.3, 0.4) is 0 Å². The number of nitrogens with two attached hydrogens (primary N) is 1. The fraction of sp³-hybridized carbons (Fsp3) is 0. The normalized spacial score (nSPS) is 10.5. The number of halogens is 1. The molecule has 1 aromatic heterocycles. The average molecular weight is 281 g/mol. The highest BCUT2D eigenvalue weighted by atomic mass is 19.1. The van der Waals surface area contributed by atoms with Crippen molar-refractivity contribution in [2.24, 2.45) is 0 Å². The van der Waals surface area contributed by atoms with Gasteiger partial charge < -0.3 is 11.1 Å². The third-order valence-corrected chi connectivity index (χ3v) is 3.19. The standard InChI is InChI=1S/C16H12FN3O/c17-13-5-4-11(8-14(13)18)16(21)20-15-3-1-2-10-6-7-19-9-12(10)15/h1-9H,18H2,(H,20,21). The average Bonchev–Trinajstić information content (AvgIpc) is 2.50. The molecule has 1 amide bonds. The van der Waals surface area contributed by atoms with E-state index in [1.54, 1.807) is 18.5 Å². The maximum Gasteiger partial charge on any atom is 0.255 e. The molecule has 4 nitrogen and oxygen atoms in total. The summed E-state index contributed by atoms with van der Waals surface area (Å²) in [5.41, 5.74) is 6.37. The number of benzene rings is 2. The predicted molar refractivity (Wildman–Crippen MR) is 80.5 cm³/mol. The maximum atomic E-state index is 13.1. The first-order valence-electron chi connectivity index (χ1n) is 6.34. The highest BCUT2D eigenvalue weighted by Crippen LogP contribution is 2.23. The summed E-state index contributed by atoms with van der Waals surface area (Å²) in [6.45, 7) is 0. The fourth-order valence-corrected chi connectivity index (χ4v) is 2.10. The van der Waals surface area contributed by atoms with Gasteiger partial charge in [0.15, 0.2) is 0 Å². The SMILES string of the molecule is Nc1cc(C(=O)Nc2cccc3ccncc23)ccc1F. The molecule has 0 aliphatic rings. The Balaban J connectivity index is 1.94. The molecule has 3 aromatic rings. The van der Waals surface area contributed by atoms with Gasteiger partial charge in [0.05, 0.1) is 11.4 Å². The molecule has 0 bridgehead atoms. The van der Waals surface area contributed by atoms with Gasteiger partial charge in [0.1, 0.15) is 5.82 Å². The van der Waals surface area contributed by atoms with Crippen molar-refractivity contribution >= 4 is 28.1 Å². The molecule has 0 radical (unpaired) electrons. The van der Waals surface area contributed by atoms with E-state index in [1.807, 2.05) is 18.2 Å². The van der Waals surface area contributed by atoms with Crippen LogP contribution in [0.25, 0.3) is 10.8 Å². The number of pyridine rings is 1. The van der Waals surface area contributed by atoms with Gasteiger partial charge in [0.25, 0.3) is 5.91 Å². The highest BCUT2D eigenvalue weighted by molar-refractivity contribution is 6.09. The smallest absolute Gasteiger partial charge is 0.255 e. The molecule has 0 atom stereocenters. The summed E-state index contributed by atoms with van der Waals surface area (Å²) in [7, 11) is 0. The summed E-state index contributed by atoms with van der Waals surface area (Å²) >= 11 is 0. The molecule has 3 N–H and O–H groups in total. The van der Waals surface area contributed by atoms with E-state index in [0.29, 0.717) is 11.3 Å². The molecule has 0 aliphatic carbocycles. The van der Waals surface area contributed by atoms with Crippen molar-refractivity contribution in [2.45, 2.75) is 0 Å². The number of nitrogens with one attached hydrogen (secondary N) is 1. The van der Waals surface area contributed by atoms with Crippen LogP contribution >= 0.6 is 0 Å². The van der Waals surface area contributed by atoms with Crippen molar-refractivity contribution in [1.82, 2.24) is 4.98 Å². The number of aromatic nitrogens is 1. The van der Waals surface area contributed by atoms with Crippen molar-refractivity contribution in [1.29, 1.82) is 0 Å². The number of carbonyl (C=O) groups excluding carboxylic acids is 1. The Bertz CT molecular complexity index is 827. The van der Waals surface area contributed by atoms with E-state index >= 15 is 0 Å². The highest BCUT2D eigenvalue weighted by Gasteiger charge is 2.10. The van der Waals surface area contributed by atoms with Crippen LogP contribution < -0.4 is 11.1 Å². The van der Waals surface area contributed by atoms with E-state index in [0.717, 1.165) is 10.8 Å². The predicted octanol–water partition coefficient (Wildman–Crippen LogP) is 3.21. The van der Waals surface area contributed by atoms with Crippen molar-refractivity contribution in [3.63, 3.8) is 0 Å². The Morgan fingerprint density at radius 3 is 2.86 bits per heavy atom. The molecule has 21 heavy (non-hydrogen) atoms. The zero-order valence-corrected chi connectivity index (χ0v) is 11.0. The van der Waals surface area contributed by atoms with Crippen molar-refractivity contribution in [3.05, 3.63) is 66.2 Å². The van der Waals surface area contributed by atoms with Gasteiger partial charge in [-0.1, -0.05) is 12.1 Å². The summed E-state index contributed by atoms with van der Waals surface area (Å²) in [5, 5.41) is 4.60. The summed E-state index contributed by atoms with van der Waals surface area (Å²) in [4.78, 5) is 16.3. The zero-order valence-electron chi connectivity index (χ0n) is 11.0. The van der Waals surface area contributed by atoms with Crippen LogP contribution in [0.1, 0.15) is 10.4 Å². The van der Waals surface area contributed by atoms with Gasteiger partial charge in [0.2, 0.25) is 0 Å². The molecular formula is C16H12FN3O. The number of nitrogen functional groups attached to an aromatic ring is 1. The van der Waals surface area contributed by atoms with Crippen molar-refractivity contribution < 1.29 is 9.18 Å². The summed E-state index contributed by atoms with van der Waals surface area (Å²) in [6, 6.07) is 11.3. The van der Waals surface area contributed by atoms with Crippen LogP contribution in [0.4, 0.5) is 15.8 Å². The minimum absolute atomic E-state index is 0.0535. The third kappa shape index (κ3) is 2.53. The lowest BCUT2D eigenvalue weighted by Crippen LogP contribution is -2.12. The number of carbonyl (C=O) groups is 1. The fourth-order valence-electron chi connectivity index (χ4n) is 2.10. The Labute approximate surface area is 120 Å². The van der Waals surface area contributed by atoms with Gasteiger partial charge in [-0.25, -0.2) is 4.39 Å². The van der Waals surface area contributed by atoms with E-state index in [9.17, 15) is 9.18 Å². The van der Waals surface area contributed by atoms with Gasteiger partial charge in [-0.2, -0.15) is 0 Å². The van der Waals surface area contributed by atoms with Crippen LogP contribution in [-0.4, -0.2) is 10.9 Å². The molecule has 2 aromatic carbocycles. The van der Waals surface area contributed by atoms with Gasteiger partial charge in [-0.3, -0.25) is 9.78 Å². The van der Waals surface area contributed by atoms with E-state index in [2.05, 4.69) is 10.3 Å². The third-order valence-electron chi connectivity index (χ3n) is 3.19. The van der Waals surface area contributed by atoms with Gasteiger partial charge in [-0.15, -0.1) is 0 Å². The van der Waals surface area contributed by atoms with Crippen LogP contribution in [0.2, 0.25) is 0 Å². The molecule has 3 rings (SSSR count). The lowest BCUT2D eigenvalue weighted by molar-refractivity contribution is 0.102. The summed E-state index contributed by atoms with van der Waals surface area (Å²) < 4.78 is 13.1. The summed E-state index contributed by atoms with van der Waals surface area (Å²) in [5.74, 6) is -0.890. The van der Waals surface area contributed by atoms with Crippen LogP contribution in [0.15, 0.2) is 54.9 Å². The second-order valence-corrected chi connectivity index (χ2v) is 4.59. The van der Waals surface area contributed by atoms with Gasteiger partial charge in [0, 0.05) is 23.3 Å². The first-order valence-corrected chi connectivity index (χ1v) is 6.34. The van der Waals surface area contributed by atoms with Crippen molar-refractivity contribution in [3.8, 4) is 0 Å². The Hall–Kier alpha value is -2.95. The lowest BCUT2D eigenvalue weighted by Gasteiger charge is -2.09. The van der Waals surface area contributed by atoms with Crippen molar-refractivity contribution in [2.75, 3.05) is 11.1 Å². The lowest BCUT2D eigenvalue weighted by atomic mass is 10.1. The van der Waals surface area contributed by atoms with E-state index in [4.69, 9.17) is 5.73 Å². The molecule has 0 aliphatic heterocycles. The molecule has 104 valence electrons. The Kier molecular flexibility index (Phi) is 3.23. The van der Waals surface area contributed by atoms with Gasteiger partial charge >= 0.3 is 0 Å². The first-order chi connectivity index (χ1) is 10.1. The Morgan fingerprint density at radius 2 is 2.05 bits per heavy atom. The molecular weight excluding hydrogens is 269 g/mol. The number of hydrogen-bond donors (Lipinski definition) is 2. The van der Waals surface area contributed by atoms with Gasteiger partial charge in [-0.05, 0) is 35.7 Å². The molecule has 0 fully saturated rings. The minimum atomic E-state index is -0.541. The molecule has 1 heterocycles. The molecule has 5 heteroatoms. The maximum absolute atomic E-state index is 13.1. The van der Waals surface area contributed by atoms with E-state index in [-0.39, 0.29) is 11.6 Å². The number of fused-ring (bicyclic) bond motifs is 1. The number of nitrogens with zero attached hydrogens (tertiary/aromatic N) is 1. The zero-order chi connectivity index (χ0) is 14.8. The minimum Gasteiger partial charge on any atom is -0.396 e.